The molecule has 0 aliphatic heterocycles. The van der Waals surface area contributed by atoms with Crippen molar-refractivity contribution in [2.45, 2.75) is 38.2 Å². The summed E-state index contributed by atoms with van der Waals surface area (Å²) in [6.45, 7) is 4.12. The Hall–Kier alpha value is 1.30. The van der Waals surface area contributed by atoms with Gasteiger partial charge in [-0.3, -0.25) is 0 Å². The van der Waals surface area contributed by atoms with Gasteiger partial charge in [0.1, 0.15) is 0 Å². The lowest BCUT2D eigenvalue weighted by atomic mass is 10.3. The SMILES string of the molecule is CC(Cl)PCCl.CCCCCCl. The maximum absolute atomic E-state index is 5.51. The number of alkyl halides is 3. The molecule has 0 saturated heterocycles. The highest BCUT2D eigenvalue weighted by molar-refractivity contribution is 7.43. The summed E-state index contributed by atoms with van der Waals surface area (Å²) in [6.07, 6.45) is 3.73. The van der Waals surface area contributed by atoms with Crippen LogP contribution in [0.5, 0.6) is 0 Å². The topological polar surface area (TPSA) is 0 Å². The van der Waals surface area contributed by atoms with Crippen molar-refractivity contribution in [3.63, 3.8) is 0 Å². The average Bonchev–Trinajstić information content (AvgIpc) is 2.02. The van der Waals surface area contributed by atoms with E-state index in [2.05, 4.69) is 6.92 Å². The summed E-state index contributed by atoms with van der Waals surface area (Å²) >= 11 is 16.2. The second-order valence-corrected chi connectivity index (χ2v) is 6.09. The van der Waals surface area contributed by atoms with Gasteiger partial charge >= 0.3 is 0 Å². The Morgan fingerprint density at radius 3 is 1.92 bits per heavy atom. The highest BCUT2D eigenvalue weighted by Crippen LogP contribution is 2.21. The molecule has 0 aliphatic rings. The van der Waals surface area contributed by atoms with E-state index >= 15 is 0 Å². The molecule has 0 aromatic rings. The molecule has 0 nitrogen and oxygen atoms in total. The first kappa shape index (κ1) is 15.8. The van der Waals surface area contributed by atoms with Crippen molar-refractivity contribution in [3.8, 4) is 0 Å². The Morgan fingerprint density at radius 1 is 1.25 bits per heavy atom. The third-order valence-corrected chi connectivity index (χ3v) is 3.01. The molecule has 12 heavy (non-hydrogen) atoms. The van der Waals surface area contributed by atoms with Crippen LogP contribution in [0, 0.1) is 0 Å². The Balaban J connectivity index is 0. The number of unbranched alkanes of at least 4 members (excludes halogenated alkanes) is 2. The molecule has 0 spiro atoms. The van der Waals surface area contributed by atoms with Crippen LogP contribution >= 0.6 is 43.4 Å². The number of halogens is 3. The maximum Gasteiger partial charge on any atom is 0.0488 e. The van der Waals surface area contributed by atoms with Gasteiger partial charge in [0.05, 0.1) is 0 Å². The van der Waals surface area contributed by atoms with Crippen molar-refractivity contribution in [1.82, 2.24) is 0 Å². The Labute approximate surface area is 93.1 Å². The summed E-state index contributed by atoms with van der Waals surface area (Å²) < 4.78 is 0. The quantitative estimate of drug-likeness (QED) is 0.372. The van der Waals surface area contributed by atoms with E-state index < -0.39 is 0 Å². The van der Waals surface area contributed by atoms with Gasteiger partial charge in [-0.2, -0.15) is 0 Å². The highest BCUT2D eigenvalue weighted by atomic mass is 35.5. The van der Waals surface area contributed by atoms with E-state index in [1.807, 2.05) is 6.92 Å². The van der Waals surface area contributed by atoms with Crippen LogP contribution in [0.15, 0.2) is 0 Å². The molecule has 0 aromatic heterocycles. The molecule has 0 aliphatic carbocycles. The standard InChI is InChI=1S/C5H11Cl.C3H7Cl2P/c1-2-3-4-5-6;1-3(5)6-2-4/h2-5H2,1H3;3,6H,2H2,1H3. The second-order valence-electron chi connectivity index (χ2n) is 2.35. The lowest BCUT2D eigenvalue weighted by molar-refractivity contribution is 0.776. The lowest BCUT2D eigenvalue weighted by Crippen LogP contribution is -1.74. The zero-order valence-electron chi connectivity index (χ0n) is 7.75. The summed E-state index contributed by atoms with van der Waals surface area (Å²) in [6, 6.07) is 0. The van der Waals surface area contributed by atoms with Gasteiger partial charge < -0.3 is 0 Å². The minimum Gasteiger partial charge on any atom is -0.127 e. The molecule has 0 aromatic carbocycles. The zero-order valence-corrected chi connectivity index (χ0v) is 11.0. The van der Waals surface area contributed by atoms with Gasteiger partial charge in [0.15, 0.2) is 0 Å². The van der Waals surface area contributed by atoms with E-state index in [4.69, 9.17) is 34.8 Å². The fourth-order valence-electron chi connectivity index (χ4n) is 0.451. The van der Waals surface area contributed by atoms with Crippen LogP contribution in [0.2, 0.25) is 0 Å². The van der Waals surface area contributed by atoms with Crippen molar-refractivity contribution < 1.29 is 0 Å². The maximum atomic E-state index is 5.51. The molecule has 76 valence electrons. The second kappa shape index (κ2) is 14.8. The molecule has 2 unspecified atom stereocenters. The molecule has 4 heteroatoms. The molecular formula is C8H18Cl3P. The molecule has 0 bridgehead atoms. The minimum absolute atomic E-state index is 0.266. The van der Waals surface area contributed by atoms with E-state index in [9.17, 15) is 0 Å². The van der Waals surface area contributed by atoms with Crippen molar-refractivity contribution in [3.05, 3.63) is 0 Å². The molecule has 0 amide bonds. The molecule has 0 radical (unpaired) electrons. The average molecular weight is 252 g/mol. The van der Waals surface area contributed by atoms with E-state index in [-0.39, 0.29) is 5.12 Å². The van der Waals surface area contributed by atoms with Crippen molar-refractivity contribution >= 4 is 43.4 Å². The number of rotatable bonds is 5. The van der Waals surface area contributed by atoms with E-state index in [0.29, 0.717) is 14.2 Å². The first-order valence-electron chi connectivity index (χ1n) is 4.18. The number of hydrogen-bond donors (Lipinski definition) is 0. The zero-order chi connectivity index (χ0) is 9.82. The van der Waals surface area contributed by atoms with Crippen molar-refractivity contribution in [2.75, 3.05) is 11.5 Å². The molecule has 2 atom stereocenters. The molecular weight excluding hydrogens is 233 g/mol. The summed E-state index contributed by atoms with van der Waals surface area (Å²) in [5.41, 5.74) is 0.699. The Morgan fingerprint density at radius 2 is 1.83 bits per heavy atom. The predicted molar refractivity (Wildman–Crippen MR) is 64.6 cm³/mol. The number of hydrogen-bond acceptors (Lipinski definition) is 0. The molecule has 0 fully saturated rings. The van der Waals surface area contributed by atoms with Crippen LogP contribution in [0.4, 0.5) is 0 Å². The first-order valence-corrected chi connectivity index (χ1v) is 6.97. The summed E-state index contributed by atoms with van der Waals surface area (Å²) in [7, 11) is 0.702. The van der Waals surface area contributed by atoms with Crippen molar-refractivity contribution in [1.29, 1.82) is 0 Å². The van der Waals surface area contributed by atoms with E-state index in [0.717, 1.165) is 5.88 Å². The van der Waals surface area contributed by atoms with Crippen LogP contribution in [-0.4, -0.2) is 16.6 Å². The van der Waals surface area contributed by atoms with Gasteiger partial charge in [0.2, 0.25) is 0 Å². The molecule has 0 N–H and O–H groups in total. The van der Waals surface area contributed by atoms with Gasteiger partial charge in [-0.05, 0) is 13.3 Å². The van der Waals surface area contributed by atoms with Gasteiger partial charge in [0, 0.05) is 16.6 Å². The largest absolute Gasteiger partial charge is 0.127 e. The van der Waals surface area contributed by atoms with Crippen LogP contribution in [0.3, 0.4) is 0 Å². The Kier molecular flexibility index (Phi) is 19.4. The van der Waals surface area contributed by atoms with E-state index in [1.165, 1.54) is 19.3 Å². The van der Waals surface area contributed by atoms with Crippen LogP contribution in [0.1, 0.15) is 33.1 Å². The van der Waals surface area contributed by atoms with E-state index in [1.54, 1.807) is 0 Å². The third kappa shape index (κ3) is 22.5. The summed E-state index contributed by atoms with van der Waals surface area (Å²) in [4.78, 5) is 0. The van der Waals surface area contributed by atoms with Crippen LogP contribution in [-0.2, 0) is 0 Å². The van der Waals surface area contributed by atoms with Gasteiger partial charge in [0.25, 0.3) is 0 Å². The van der Waals surface area contributed by atoms with Gasteiger partial charge in [-0.25, -0.2) is 0 Å². The lowest BCUT2D eigenvalue weighted by Gasteiger charge is -1.92. The first-order chi connectivity index (χ1) is 5.68. The highest BCUT2D eigenvalue weighted by Gasteiger charge is 1.89. The van der Waals surface area contributed by atoms with Crippen LogP contribution < -0.4 is 0 Å². The minimum atomic E-state index is 0.266. The molecule has 0 saturated carbocycles. The third-order valence-electron chi connectivity index (χ3n) is 1.10. The predicted octanol–water partition coefficient (Wildman–Crippen LogP) is 4.86. The molecule has 0 rings (SSSR count). The van der Waals surface area contributed by atoms with Gasteiger partial charge in [-0.1, -0.05) is 28.3 Å². The van der Waals surface area contributed by atoms with Crippen LogP contribution in [0.25, 0.3) is 0 Å². The summed E-state index contributed by atoms with van der Waals surface area (Å²) in [5.74, 6) is 0.827. The summed E-state index contributed by atoms with van der Waals surface area (Å²) in [5, 5.41) is 0.266. The monoisotopic (exact) mass is 250 g/mol. The fraction of sp³-hybridized carbons (Fsp3) is 1.00. The normalized spacial score (nSPS) is 12.8. The molecule has 0 heterocycles. The fourth-order valence-corrected chi connectivity index (χ4v) is 2.02. The van der Waals surface area contributed by atoms with Crippen molar-refractivity contribution in [2.24, 2.45) is 0 Å². The smallest absolute Gasteiger partial charge is 0.0488 e. The Bertz CT molecular complexity index is 65.3. The van der Waals surface area contributed by atoms with Gasteiger partial charge in [-0.15, -0.1) is 34.8 Å².